The van der Waals surface area contributed by atoms with Gasteiger partial charge in [-0.25, -0.2) is 0 Å². The summed E-state index contributed by atoms with van der Waals surface area (Å²) in [6, 6.07) is 0. The molecule has 10 heavy (non-hydrogen) atoms. The Balaban J connectivity index is 2.97. The highest BCUT2D eigenvalue weighted by molar-refractivity contribution is 4.58. The summed E-state index contributed by atoms with van der Waals surface area (Å²) in [5.41, 5.74) is 0. The van der Waals surface area contributed by atoms with Gasteiger partial charge in [0, 0.05) is 6.61 Å². The van der Waals surface area contributed by atoms with Gasteiger partial charge in [0.15, 0.2) is 0 Å². The lowest BCUT2D eigenvalue weighted by Gasteiger charge is -2.09. The molecule has 0 aliphatic rings. The zero-order valence-corrected chi connectivity index (χ0v) is 7.23. The third kappa shape index (κ3) is 6.09. The average molecular weight is 143 g/mol. The summed E-state index contributed by atoms with van der Waals surface area (Å²) < 4.78 is 5.28. The second-order valence-corrected chi connectivity index (χ2v) is 2.57. The van der Waals surface area contributed by atoms with Crippen LogP contribution in [0.3, 0.4) is 0 Å². The van der Waals surface area contributed by atoms with Crippen molar-refractivity contribution in [3.63, 3.8) is 0 Å². The fraction of sp³-hybridized carbons (Fsp3) is 0.889. The van der Waals surface area contributed by atoms with Crippen molar-refractivity contribution in [2.45, 2.75) is 45.6 Å². The van der Waals surface area contributed by atoms with Crippen LogP contribution in [-0.2, 0) is 4.74 Å². The normalized spacial score (nSPS) is 13.5. The summed E-state index contributed by atoms with van der Waals surface area (Å²) in [6.07, 6.45) is 5.17. The van der Waals surface area contributed by atoms with E-state index >= 15 is 0 Å². The Morgan fingerprint density at radius 2 is 2.00 bits per heavy atom. The molecule has 0 bridgehead atoms. The summed E-state index contributed by atoms with van der Waals surface area (Å²) in [4.78, 5) is 0. The van der Waals surface area contributed by atoms with Crippen LogP contribution in [0.15, 0.2) is 0 Å². The Morgan fingerprint density at radius 3 is 2.50 bits per heavy atom. The molecule has 0 rings (SSSR count). The summed E-state index contributed by atoms with van der Waals surface area (Å²) >= 11 is 0. The summed E-state index contributed by atoms with van der Waals surface area (Å²) in [6.45, 7) is 8.89. The van der Waals surface area contributed by atoms with Gasteiger partial charge in [-0.3, -0.25) is 0 Å². The molecule has 0 spiro atoms. The highest BCUT2D eigenvalue weighted by Crippen LogP contribution is 2.04. The van der Waals surface area contributed by atoms with Crippen molar-refractivity contribution in [3.05, 3.63) is 6.92 Å². The predicted molar refractivity (Wildman–Crippen MR) is 44.9 cm³/mol. The van der Waals surface area contributed by atoms with Crippen molar-refractivity contribution in [2.24, 2.45) is 0 Å². The first kappa shape index (κ1) is 9.96. The van der Waals surface area contributed by atoms with Crippen LogP contribution in [0.4, 0.5) is 0 Å². The van der Waals surface area contributed by atoms with E-state index in [2.05, 4.69) is 13.8 Å². The molecule has 0 aliphatic heterocycles. The van der Waals surface area contributed by atoms with Gasteiger partial charge in [0.1, 0.15) is 0 Å². The van der Waals surface area contributed by atoms with Crippen LogP contribution in [0.25, 0.3) is 0 Å². The van der Waals surface area contributed by atoms with Gasteiger partial charge in [-0.1, -0.05) is 26.2 Å². The molecule has 0 aromatic rings. The monoisotopic (exact) mass is 143 g/mol. The van der Waals surface area contributed by atoms with Crippen molar-refractivity contribution >= 4 is 0 Å². The molecule has 0 aromatic heterocycles. The third-order valence-corrected chi connectivity index (χ3v) is 1.53. The SMILES string of the molecule is [CH2]C(CCCCC)OCC. The molecule has 1 atom stereocenters. The van der Waals surface area contributed by atoms with Gasteiger partial charge in [0.25, 0.3) is 0 Å². The molecule has 0 N–H and O–H groups in total. The summed E-state index contributed by atoms with van der Waals surface area (Å²) in [7, 11) is 0. The Morgan fingerprint density at radius 1 is 1.30 bits per heavy atom. The molecule has 0 aliphatic carbocycles. The van der Waals surface area contributed by atoms with E-state index in [-0.39, 0.29) is 6.10 Å². The number of hydrogen-bond donors (Lipinski definition) is 0. The van der Waals surface area contributed by atoms with Gasteiger partial charge in [-0.15, -0.1) is 0 Å². The Labute approximate surface area is 64.8 Å². The quantitative estimate of drug-likeness (QED) is 0.519. The molecule has 0 amide bonds. The van der Waals surface area contributed by atoms with Crippen LogP contribution in [0.1, 0.15) is 39.5 Å². The van der Waals surface area contributed by atoms with Crippen molar-refractivity contribution < 1.29 is 4.74 Å². The maximum atomic E-state index is 5.28. The van der Waals surface area contributed by atoms with Crippen molar-refractivity contribution in [2.75, 3.05) is 6.61 Å². The first-order valence-electron chi connectivity index (χ1n) is 4.26. The van der Waals surface area contributed by atoms with E-state index < -0.39 is 0 Å². The van der Waals surface area contributed by atoms with Crippen molar-refractivity contribution in [1.82, 2.24) is 0 Å². The van der Waals surface area contributed by atoms with E-state index in [1.54, 1.807) is 0 Å². The molecule has 0 aromatic carbocycles. The fourth-order valence-electron chi connectivity index (χ4n) is 0.941. The zero-order chi connectivity index (χ0) is 7.82. The van der Waals surface area contributed by atoms with Crippen molar-refractivity contribution in [3.8, 4) is 0 Å². The molecule has 1 unspecified atom stereocenters. The van der Waals surface area contributed by atoms with Crippen LogP contribution in [0.2, 0.25) is 0 Å². The second-order valence-electron chi connectivity index (χ2n) is 2.57. The van der Waals surface area contributed by atoms with Crippen LogP contribution < -0.4 is 0 Å². The molecule has 0 saturated carbocycles. The van der Waals surface area contributed by atoms with E-state index in [9.17, 15) is 0 Å². The van der Waals surface area contributed by atoms with Crippen LogP contribution >= 0.6 is 0 Å². The van der Waals surface area contributed by atoms with Gasteiger partial charge < -0.3 is 4.74 Å². The molecule has 1 heteroatoms. The maximum Gasteiger partial charge on any atom is 0.0576 e. The molecule has 1 radical (unpaired) electrons. The third-order valence-electron chi connectivity index (χ3n) is 1.53. The van der Waals surface area contributed by atoms with Crippen LogP contribution in [-0.4, -0.2) is 12.7 Å². The number of rotatable bonds is 6. The molecule has 0 fully saturated rings. The topological polar surface area (TPSA) is 9.23 Å². The average Bonchev–Trinajstić information content (AvgIpc) is 1.89. The number of ether oxygens (including phenoxy) is 1. The van der Waals surface area contributed by atoms with Gasteiger partial charge in [-0.05, 0) is 20.3 Å². The van der Waals surface area contributed by atoms with E-state index in [1.165, 1.54) is 19.3 Å². The van der Waals surface area contributed by atoms with Crippen LogP contribution in [0.5, 0.6) is 0 Å². The van der Waals surface area contributed by atoms with E-state index in [0.717, 1.165) is 13.0 Å². The number of hydrogen-bond acceptors (Lipinski definition) is 1. The van der Waals surface area contributed by atoms with E-state index in [1.807, 2.05) is 6.92 Å². The smallest absolute Gasteiger partial charge is 0.0576 e. The lowest BCUT2D eigenvalue weighted by atomic mass is 10.1. The van der Waals surface area contributed by atoms with E-state index in [4.69, 9.17) is 4.74 Å². The predicted octanol–water partition coefficient (Wildman–Crippen LogP) is 2.81. The van der Waals surface area contributed by atoms with Gasteiger partial charge in [-0.2, -0.15) is 0 Å². The highest BCUT2D eigenvalue weighted by atomic mass is 16.5. The number of unbranched alkanes of at least 4 members (excludes halogenated alkanes) is 2. The lowest BCUT2D eigenvalue weighted by Crippen LogP contribution is -2.07. The molecule has 0 heterocycles. The van der Waals surface area contributed by atoms with Crippen LogP contribution in [0, 0.1) is 6.92 Å². The molecule has 1 nitrogen and oxygen atoms in total. The minimum Gasteiger partial charge on any atom is -0.379 e. The Bertz CT molecular complexity index is 61.7. The molecular weight excluding hydrogens is 124 g/mol. The summed E-state index contributed by atoms with van der Waals surface area (Å²) in [5.74, 6) is 0. The molecule has 61 valence electrons. The fourth-order valence-corrected chi connectivity index (χ4v) is 0.941. The molecular formula is C9H19O. The minimum atomic E-state index is 0.219. The van der Waals surface area contributed by atoms with Crippen molar-refractivity contribution in [1.29, 1.82) is 0 Å². The van der Waals surface area contributed by atoms with Gasteiger partial charge in [0.05, 0.1) is 6.10 Å². The first-order valence-corrected chi connectivity index (χ1v) is 4.26. The van der Waals surface area contributed by atoms with E-state index in [0.29, 0.717) is 0 Å². The molecule has 0 saturated heterocycles. The second kappa shape index (κ2) is 7.07. The standard InChI is InChI=1S/C9H19O/c1-4-6-7-8-9(3)10-5-2/h9H,3-8H2,1-2H3. The lowest BCUT2D eigenvalue weighted by molar-refractivity contribution is 0.0864. The summed E-state index contributed by atoms with van der Waals surface area (Å²) in [5, 5.41) is 0. The first-order chi connectivity index (χ1) is 4.81. The largest absolute Gasteiger partial charge is 0.379 e. The van der Waals surface area contributed by atoms with Gasteiger partial charge >= 0.3 is 0 Å². The minimum absolute atomic E-state index is 0.219. The highest BCUT2D eigenvalue weighted by Gasteiger charge is 1.98. The Kier molecular flexibility index (Phi) is 7.04. The Hall–Kier alpha value is -0.0400. The maximum absolute atomic E-state index is 5.28. The zero-order valence-electron chi connectivity index (χ0n) is 7.23. The van der Waals surface area contributed by atoms with Gasteiger partial charge in [0.2, 0.25) is 0 Å².